The zero-order chi connectivity index (χ0) is 22.4. The third kappa shape index (κ3) is 1.85. The molecule has 170 valence electrons. The Balaban J connectivity index is 1.40. The Morgan fingerprint density at radius 3 is 1.48 bits per heavy atom. The minimum Gasteiger partial charge on any atom is -0.360 e. The monoisotopic (exact) mass is 480 g/mol. The second-order valence-corrected chi connectivity index (χ2v) is 14.6. The first-order chi connectivity index (χ1) is 15.8. The van der Waals surface area contributed by atoms with Crippen LogP contribution >= 0.6 is 0 Å². The number of fused-ring (bicyclic) bond motifs is 2. The number of rotatable bonds is 4. The molecule has 1 aliphatic heterocycles. The summed E-state index contributed by atoms with van der Waals surface area (Å²) in [6, 6.07) is 16.6. The van der Waals surface area contributed by atoms with Crippen LogP contribution in [0, 0.1) is 29.1 Å². The van der Waals surface area contributed by atoms with Crippen molar-refractivity contribution in [1.82, 2.24) is 0 Å². The maximum atomic E-state index is 14.1. The van der Waals surface area contributed by atoms with E-state index in [9.17, 15) is 16.8 Å². The maximum absolute atomic E-state index is 14.1. The third-order valence-corrected chi connectivity index (χ3v) is 14.1. The zero-order valence-electron chi connectivity index (χ0n) is 18.0. The summed E-state index contributed by atoms with van der Waals surface area (Å²) in [5.41, 5.74) is -0.670. The lowest BCUT2D eigenvalue weighted by Gasteiger charge is -2.31. The number of hydrogen-bond donors (Lipinski definition) is 0. The number of ether oxygens (including phenoxy) is 1. The summed E-state index contributed by atoms with van der Waals surface area (Å²) in [6.07, 6.45) is 5.09. The molecule has 6 aliphatic rings. The van der Waals surface area contributed by atoms with Crippen LogP contribution in [0.2, 0.25) is 0 Å². The van der Waals surface area contributed by atoms with E-state index in [1.54, 1.807) is 60.7 Å². The summed E-state index contributed by atoms with van der Waals surface area (Å²) in [5.74, 6) is 0.00171. The van der Waals surface area contributed by atoms with Gasteiger partial charge in [-0.25, -0.2) is 16.8 Å². The summed E-state index contributed by atoms with van der Waals surface area (Å²) >= 11 is 0. The minimum absolute atomic E-state index is 0.124. The predicted molar refractivity (Wildman–Crippen MR) is 120 cm³/mol. The van der Waals surface area contributed by atoms with Crippen molar-refractivity contribution in [3.63, 3.8) is 0 Å². The topological polar surface area (TPSA) is 80.8 Å². The van der Waals surface area contributed by atoms with Crippen molar-refractivity contribution >= 4 is 19.7 Å². The highest BCUT2D eigenvalue weighted by Crippen LogP contribution is 2.93. The standard InChI is InChI=1S/C26H24O5S2/c27-32(28,16-7-3-1-4-8-16)22-18-15-19(23(22)33(29,30)17-9-5-2-6-10-17)26-21-12-11-20(24(21)13-14-24)25(18,26)31-26/h1-10,18-21H,11-15H2/t18-,19-,20+,21+,25+,26+/m1/s1. The molecule has 2 aromatic carbocycles. The molecular weight excluding hydrogens is 456 g/mol. The van der Waals surface area contributed by atoms with Crippen LogP contribution in [0.3, 0.4) is 0 Å². The molecule has 0 N–H and O–H groups in total. The molecule has 6 atom stereocenters. The van der Waals surface area contributed by atoms with Crippen LogP contribution in [0.25, 0.3) is 0 Å². The van der Waals surface area contributed by atoms with Crippen molar-refractivity contribution in [3.05, 3.63) is 70.5 Å². The number of benzene rings is 2. The maximum Gasteiger partial charge on any atom is 0.204 e. The Labute approximate surface area is 193 Å². The van der Waals surface area contributed by atoms with E-state index in [4.69, 9.17) is 4.74 Å². The van der Waals surface area contributed by atoms with Crippen LogP contribution in [0.15, 0.2) is 80.3 Å². The molecule has 4 saturated carbocycles. The van der Waals surface area contributed by atoms with Gasteiger partial charge in [0.15, 0.2) is 0 Å². The average molecular weight is 481 g/mol. The van der Waals surface area contributed by atoms with Gasteiger partial charge in [-0.1, -0.05) is 36.4 Å². The molecule has 4 bridgehead atoms. The molecule has 1 spiro atoms. The van der Waals surface area contributed by atoms with E-state index < -0.39 is 30.9 Å². The van der Waals surface area contributed by atoms with Crippen molar-refractivity contribution in [2.24, 2.45) is 29.1 Å². The van der Waals surface area contributed by atoms with Gasteiger partial charge < -0.3 is 4.74 Å². The van der Waals surface area contributed by atoms with Crippen molar-refractivity contribution in [1.29, 1.82) is 0 Å². The van der Waals surface area contributed by atoms with E-state index in [1.165, 1.54) is 12.8 Å². The van der Waals surface area contributed by atoms with Gasteiger partial charge in [0.05, 0.1) is 19.6 Å². The van der Waals surface area contributed by atoms with Crippen LogP contribution in [-0.2, 0) is 24.4 Å². The van der Waals surface area contributed by atoms with Crippen LogP contribution in [0.5, 0.6) is 0 Å². The van der Waals surface area contributed by atoms with Gasteiger partial charge in [0.25, 0.3) is 0 Å². The van der Waals surface area contributed by atoms with Crippen molar-refractivity contribution in [2.75, 3.05) is 0 Å². The molecule has 0 aromatic heterocycles. The fraction of sp³-hybridized carbons (Fsp3) is 0.462. The summed E-state index contributed by atoms with van der Waals surface area (Å²) in [6.45, 7) is 0. The first-order valence-electron chi connectivity index (χ1n) is 11.9. The molecule has 0 amide bonds. The van der Waals surface area contributed by atoms with Crippen molar-refractivity contribution < 1.29 is 21.6 Å². The highest BCUT2D eigenvalue weighted by Gasteiger charge is 2.99. The SMILES string of the molecule is O=S(=O)(C1=C(S(=O)(=O)c2ccccc2)[C@H]2C[C@H]1[C@@]13O[C@]21[C@H]1CC[C@H]3C12CC2)c1ccccc1. The highest BCUT2D eigenvalue weighted by molar-refractivity contribution is 7.99. The number of sulfone groups is 2. The van der Waals surface area contributed by atoms with Crippen molar-refractivity contribution in [2.45, 2.75) is 53.1 Å². The lowest BCUT2D eigenvalue weighted by molar-refractivity contribution is 0.0464. The highest BCUT2D eigenvalue weighted by atomic mass is 32.2. The molecule has 5 fully saturated rings. The molecule has 1 saturated heterocycles. The first kappa shape index (κ1) is 19.4. The van der Waals surface area contributed by atoms with E-state index >= 15 is 0 Å². The van der Waals surface area contributed by atoms with Crippen LogP contribution < -0.4 is 0 Å². The summed E-state index contributed by atoms with van der Waals surface area (Å²) in [4.78, 5) is 0.582. The molecule has 2 aromatic rings. The summed E-state index contributed by atoms with van der Waals surface area (Å²) < 4.78 is 62.9. The zero-order valence-corrected chi connectivity index (χ0v) is 19.6. The number of epoxide rings is 1. The average Bonchev–Trinajstić information content (AvgIpc) is 3.61. The molecule has 8 rings (SSSR count). The minimum atomic E-state index is -3.98. The smallest absolute Gasteiger partial charge is 0.204 e. The molecule has 1 heterocycles. The predicted octanol–water partition coefficient (Wildman–Crippen LogP) is 4.12. The van der Waals surface area contributed by atoms with E-state index in [-0.39, 0.29) is 36.9 Å². The van der Waals surface area contributed by atoms with Gasteiger partial charge in [-0.3, -0.25) is 0 Å². The Morgan fingerprint density at radius 1 is 0.667 bits per heavy atom. The number of hydrogen-bond acceptors (Lipinski definition) is 5. The molecular formula is C26H24O5S2. The van der Waals surface area contributed by atoms with E-state index in [0.717, 1.165) is 12.8 Å². The lowest BCUT2D eigenvalue weighted by atomic mass is 9.73. The van der Waals surface area contributed by atoms with Gasteiger partial charge in [-0.2, -0.15) is 0 Å². The quantitative estimate of drug-likeness (QED) is 0.615. The molecule has 7 heteroatoms. The Morgan fingerprint density at radius 2 is 1.09 bits per heavy atom. The molecule has 5 nitrogen and oxygen atoms in total. The Kier molecular flexibility index (Phi) is 3.21. The second-order valence-electron chi connectivity index (χ2n) is 10.8. The largest absolute Gasteiger partial charge is 0.360 e. The molecule has 33 heavy (non-hydrogen) atoms. The normalized spacial score (nSPS) is 40.8. The van der Waals surface area contributed by atoms with Gasteiger partial charge in [-0.15, -0.1) is 0 Å². The molecule has 0 radical (unpaired) electrons. The van der Waals surface area contributed by atoms with Gasteiger partial charge >= 0.3 is 0 Å². The van der Waals surface area contributed by atoms with Crippen LogP contribution in [0.1, 0.15) is 32.1 Å². The van der Waals surface area contributed by atoms with Crippen molar-refractivity contribution in [3.8, 4) is 0 Å². The summed E-state index contributed by atoms with van der Waals surface area (Å²) in [7, 11) is -7.95. The van der Waals surface area contributed by atoms with Crippen LogP contribution in [0.4, 0.5) is 0 Å². The third-order valence-electron chi connectivity index (χ3n) is 9.97. The lowest BCUT2D eigenvalue weighted by Crippen LogP contribution is -2.41. The van der Waals surface area contributed by atoms with E-state index in [1.807, 2.05) is 0 Å². The van der Waals surface area contributed by atoms with Gasteiger partial charge in [0, 0.05) is 11.8 Å². The van der Waals surface area contributed by atoms with Crippen LogP contribution in [-0.4, -0.2) is 28.0 Å². The molecule has 0 unspecified atom stereocenters. The summed E-state index contributed by atoms with van der Waals surface area (Å²) in [5, 5.41) is 0. The Hall–Kier alpha value is -1.96. The van der Waals surface area contributed by atoms with Gasteiger partial charge in [-0.05, 0) is 73.6 Å². The molecule has 5 aliphatic carbocycles. The van der Waals surface area contributed by atoms with E-state index in [2.05, 4.69) is 0 Å². The van der Waals surface area contributed by atoms with E-state index in [0.29, 0.717) is 18.3 Å². The fourth-order valence-electron chi connectivity index (χ4n) is 9.01. The fourth-order valence-corrected chi connectivity index (χ4v) is 13.3. The van der Waals surface area contributed by atoms with Gasteiger partial charge in [0.2, 0.25) is 19.7 Å². The van der Waals surface area contributed by atoms with Gasteiger partial charge in [0.1, 0.15) is 11.2 Å². The first-order valence-corrected chi connectivity index (χ1v) is 14.8. The second kappa shape index (κ2) is 5.47. The Bertz CT molecular complexity index is 1370.